The normalized spacial score (nSPS) is 18.1. The Morgan fingerprint density at radius 3 is 2.79 bits per heavy atom. The minimum absolute atomic E-state index is 0.158. The van der Waals surface area contributed by atoms with E-state index in [9.17, 15) is 4.79 Å². The highest BCUT2D eigenvalue weighted by molar-refractivity contribution is 5.76. The highest BCUT2D eigenvalue weighted by atomic mass is 16.5. The van der Waals surface area contributed by atoms with Crippen LogP contribution in [0.3, 0.4) is 0 Å². The molecule has 1 aliphatic rings. The number of rotatable bonds is 5. The second-order valence-corrected chi connectivity index (χ2v) is 3.75. The molecule has 0 aromatic carbocycles. The smallest absolute Gasteiger partial charge is 0.220 e. The first-order valence-corrected chi connectivity index (χ1v) is 5.37. The van der Waals surface area contributed by atoms with Gasteiger partial charge in [0.15, 0.2) is 0 Å². The topological polar surface area (TPSA) is 64.3 Å². The second kappa shape index (κ2) is 6.79. The first-order valence-electron chi connectivity index (χ1n) is 5.37. The van der Waals surface area contributed by atoms with Crippen LogP contribution in [0.15, 0.2) is 0 Å². The van der Waals surface area contributed by atoms with E-state index in [1.54, 1.807) is 0 Å². The van der Waals surface area contributed by atoms with E-state index in [2.05, 4.69) is 5.32 Å². The van der Waals surface area contributed by atoms with Crippen LogP contribution in [0.1, 0.15) is 25.7 Å². The van der Waals surface area contributed by atoms with Gasteiger partial charge in [-0.3, -0.25) is 4.79 Å². The molecule has 0 aromatic heterocycles. The maximum Gasteiger partial charge on any atom is 0.220 e. The Kier molecular flexibility index (Phi) is 5.56. The number of amides is 1. The highest BCUT2D eigenvalue weighted by Gasteiger charge is 2.16. The van der Waals surface area contributed by atoms with Crippen molar-refractivity contribution in [2.75, 3.05) is 26.3 Å². The fourth-order valence-electron chi connectivity index (χ4n) is 1.61. The summed E-state index contributed by atoms with van der Waals surface area (Å²) < 4.78 is 5.23. The standard InChI is InChI=1S/C10H20N2O2/c11-4-1-5-12-10(13)8-9-2-6-14-7-3-9/h9H,1-8,11H2,(H,12,13). The second-order valence-electron chi connectivity index (χ2n) is 3.75. The quantitative estimate of drug-likeness (QED) is 0.626. The zero-order chi connectivity index (χ0) is 10.2. The molecule has 0 atom stereocenters. The molecule has 1 amide bonds. The van der Waals surface area contributed by atoms with Gasteiger partial charge in [0.1, 0.15) is 0 Å². The molecule has 82 valence electrons. The summed E-state index contributed by atoms with van der Waals surface area (Å²) in [6, 6.07) is 0. The van der Waals surface area contributed by atoms with E-state index in [1.807, 2.05) is 0 Å². The molecule has 1 fully saturated rings. The van der Waals surface area contributed by atoms with Crippen molar-refractivity contribution in [3.63, 3.8) is 0 Å². The molecule has 1 rings (SSSR count). The number of carbonyl (C=O) groups is 1. The van der Waals surface area contributed by atoms with E-state index in [1.165, 1.54) is 0 Å². The van der Waals surface area contributed by atoms with Crippen LogP contribution in [0.4, 0.5) is 0 Å². The Morgan fingerprint density at radius 1 is 1.43 bits per heavy atom. The van der Waals surface area contributed by atoms with Crippen molar-refractivity contribution in [2.45, 2.75) is 25.7 Å². The molecule has 0 spiro atoms. The van der Waals surface area contributed by atoms with Crippen molar-refractivity contribution in [2.24, 2.45) is 11.7 Å². The molecular weight excluding hydrogens is 180 g/mol. The van der Waals surface area contributed by atoms with Crippen LogP contribution in [0, 0.1) is 5.92 Å². The minimum atomic E-state index is 0.158. The summed E-state index contributed by atoms with van der Waals surface area (Å²) in [6.45, 7) is 2.96. The van der Waals surface area contributed by atoms with Crippen LogP contribution in [0.25, 0.3) is 0 Å². The average Bonchev–Trinajstić information content (AvgIpc) is 2.20. The van der Waals surface area contributed by atoms with Gasteiger partial charge in [0.25, 0.3) is 0 Å². The number of nitrogens with one attached hydrogen (secondary N) is 1. The number of hydrogen-bond donors (Lipinski definition) is 2. The van der Waals surface area contributed by atoms with Crippen molar-refractivity contribution < 1.29 is 9.53 Å². The molecule has 0 unspecified atom stereocenters. The van der Waals surface area contributed by atoms with Gasteiger partial charge in [-0.25, -0.2) is 0 Å². The summed E-state index contributed by atoms with van der Waals surface area (Å²) in [7, 11) is 0. The van der Waals surface area contributed by atoms with Crippen LogP contribution >= 0.6 is 0 Å². The van der Waals surface area contributed by atoms with Gasteiger partial charge in [0.05, 0.1) is 0 Å². The van der Waals surface area contributed by atoms with E-state index >= 15 is 0 Å². The van der Waals surface area contributed by atoms with Gasteiger partial charge >= 0.3 is 0 Å². The predicted molar refractivity (Wildman–Crippen MR) is 54.8 cm³/mol. The van der Waals surface area contributed by atoms with Crippen LogP contribution < -0.4 is 11.1 Å². The number of ether oxygens (including phenoxy) is 1. The zero-order valence-electron chi connectivity index (χ0n) is 8.63. The van der Waals surface area contributed by atoms with Crippen molar-refractivity contribution in [1.29, 1.82) is 0 Å². The maximum atomic E-state index is 11.4. The first-order chi connectivity index (χ1) is 6.83. The monoisotopic (exact) mass is 200 g/mol. The molecule has 1 heterocycles. The molecule has 1 aliphatic heterocycles. The van der Waals surface area contributed by atoms with Gasteiger partial charge in [-0.15, -0.1) is 0 Å². The Morgan fingerprint density at radius 2 is 2.14 bits per heavy atom. The van der Waals surface area contributed by atoms with E-state index < -0.39 is 0 Å². The molecular formula is C10H20N2O2. The number of carbonyl (C=O) groups excluding carboxylic acids is 1. The highest BCUT2D eigenvalue weighted by Crippen LogP contribution is 2.17. The summed E-state index contributed by atoms with van der Waals surface area (Å²) >= 11 is 0. The van der Waals surface area contributed by atoms with Crippen LogP contribution in [-0.4, -0.2) is 32.2 Å². The van der Waals surface area contributed by atoms with Gasteiger partial charge in [-0.05, 0) is 31.7 Å². The lowest BCUT2D eigenvalue weighted by atomic mass is 9.96. The van der Waals surface area contributed by atoms with Gasteiger partial charge in [-0.2, -0.15) is 0 Å². The third-order valence-corrected chi connectivity index (χ3v) is 2.52. The lowest BCUT2D eigenvalue weighted by molar-refractivity contribution is -0.122. The Labute approximate surface area is 85.2 Å². The molecule has 14 heavy (non-hydrogen) atoms. The fraction of sp³-hybridized carbons (Fsp3) is 0.900. The van der Waals surface area contributed by atoms with Crippen molar-refractivity contribution >= 4 is 5.91 Å². The SMILES string of the molecule is NCCCNC(=O)CC1CCOCC1. The summed E-state index contributed by atoms with van der Waals surface area (Å²) in [5.41, 5.74) is 5.33. The molecule has 3 N–H and O–H groups in total. The third-order valence-electron chi connectivity index (χ3n) is 2.52. The lowest BCUT2D eigenvalue weighted by Gasteiger charge is -2.21. The van der Waals surface area contributed by atoms with E-state index in [0.717, 1.165) is 32.5 Å². The minimum Gasteiger partial charge on any atom is -0.381 e. The zero-order valence-corrected chi connectivity index (χ0v) is 8.63. The van der Waals surface area contributed by atoms with E-state index in [-0.39, 0.29) is 5.91 Å². The van der Waals surface area contributed by atoms with Gasteiger partial charge < -0.3 is 15.8 Å². The number of nitrogens with two attached hydrogens (primary N) is 1. The molecule has 0 saturated carbocycles. The van der Waals surface area contributed by atoms with Gasteiger partial charge in [0, 0.05) is 26.2 Å². The molecule has 4 heteroatoms. The first kappa shape index (κ1) is 11.5. The molecule has 0 bridgehead atoms. The van der Waals surface area contributed by atoms with E-state index in [0.29, 0.717) is 25.4 Å². The lowest BCUT2D eigenvalue weighted by Crippen LogP contribution is -2.29. The van der Waals surface area contributed by atoms with Gasteiger partial charge in [0.2, 0.25) is 5.91 Å². The van der Waals surface area contributed by atoms with Crippen LogP contribution in [-0.2, 0) is 9.53 Å². The van der Waals surface area contributed by atoms with Crippen molar-refractivity contribution in [3.05, 3.63) is 0 Å². The average molecular weight is 200 g/mol. The van der Waals surface area contributed by atoms with Crippen molar-refractivity contribution in [3.8, 4) is 0 Å². The third kappa shape index (κ3) is 4.58. The summed E-state index contributed by atoms with van der Waals surface area (Å²) in [6.07, 6.45) is 3.54. The maximum absolute atomic E-state index is 11.4. The van der Waals surface area contributed by atoms with Crippen LogP contribution in [0.5, 0.6) is 0 Å². The van der Waals surface area contributed by atoms with Crippen molar-refractivity contribution in [1.82, 2.24) is 5.32 Å². The predicted octanol–water partition coefficient (Wildman–Crippen LogP) is 0.268. The summed E-state index contributed by atoms with van der Waals surface area (Å²) in [5.74, 6) is 0.673. The van der Waals surface area contributed by atoms with Gasteiger partial charge in [-0.1, -0.05) is 0 Å². The summed E-state index contributed by atoms with van der Waals surface area (Å²) in [4.78, 5) is 11.4. The fourth-order valence-corrected chi connectivity index (χ4v) is 1.61. The van der Waals surface area contributed by atoms with E-state index in [4.69, 9.17) is 10.5 Å². The Balaban J connectivity index is 2.06. The van der Waals surface area contributed by atoms with Crippen LogP contribution in [0.2, 0.25) is 0 Å². The summed E-state index contributed by atoms with van der Waals surface area (Å²) in [5, 5.41) is 2.87. The molecule has 0 aliphatic carbocycles. The number of hydrogen-bond acceptors (Lipinski definition) is 3. The molecule has 4 nitrogen and oxygen atoms in total. The molecule has 1 saturated heterocycles. The molecule has 0 radical (unpaired) electrons. The molecule has 0 aromatic rings. The largest absolute Gasteiger partial charge is 0.381 e. The Hall–Kier alpha value is -0.610. The Bertz CT molecular complexity index is 168.